The van der Waals surface area contributed by atoms with Crippen LogP contribution in [0.3, 0.4) is 0 Å². The van der Waals surface area contributed by atoms with Crippen LogP contribution in [0, 0.1) is 0 Å². The molecule has 2 nitrogen and oxygen atoms in total. The van der Waals surface area contributed by atoms with E-state index < -0.39 is 0 Å². The number of imidazole rings is 1. The van der Waals surface area contributed by atoms with Crippen LogP contribution in [0.1, 0.15) is 0 Å². The van der Waals surface area contributed by atoms with Gasteiger partial charge in [0.25, 0.3) is 0 Å². The predicted octanol–water partition coefficient (Wildman–Crippen LogP) is 1.57. The minimum Gasteiger partial charge on any atom is -0.351 e. The third kappa shape index (κ3) is 5.83. The van der Waals surface area contributed by atoms with Crippen molar-refractivity contribution in [1.82, 2.24) is 9.97 Å². The molecule has 0 atom stereocenters. The second kappa shape index (κ2) is 6.83. The summed E-state index contributed by atoms with van der Waals surface area (Å²) in [5, 5.41) is 0. The average molecular weight is 164 g/mol. The number of H-pyrrole nitrogens is 1. The summed E-state index contributed by atoms with van der Waals surface area (Å²) < 4.78 is 0. The van der Waals surface area contributed by atoms with Gasteiger partial charge in [0.15, 0.2) is 0 Å². The third-order valence-electron chi connectivity index (χ3n) is 0.406. The summed E-state index contributed by atoms with van der Waals surface area (Å²) in [5.74, 6) is 0. The Hall–Kier alpha value is -0.167. The molecule has 1 rings (SSSR count). The summed E-state index contributed by atoms with van der Waals surface area (Å²) >= 11 is 0.125. The third-order valence-corrected chi connectivity index (χ3v) is 0.406. The Bertz CT molecular complexity index is 77.3. The molecular weight excluding hydrogens is 153 g/mol. The molecule has 0 aromatic carbocycles. The van der Waals surface area contributed by atoms with E-state index in [-0.39, 0.29) is 17.1 Å². The summed E-state index contributed by atoms with van der Waals surface area (Å²) in [5.41, 5.74) is 4.62. The number of nitrogens with one attached hydrogen (secondary N) is 1. The van der Waals surface area contributed by atoms with Gasteiger partial charge in [-0.1, -0.05) is 0 Å². The topological polar surface area (TPSA) is 28.7 Å². The van der Waals surface area contributed by atoms with Gasteiger partial charge in [-0.25, -0.2) is 4.98 Å². The minimum absolute atomic E-state index is 0.125. The van der Waals surface area contributed by atoms with Crippen molar-refractivity contribution in [3.63, 3.8) is 0 Å². The fourth-order valence-electron chi connectivity index (χ4n) is 0.215. The van der Waals surface area contributed by atoms with Gasteiger partial charge >= 0.3 is 28.2 Å². The zero-order chi connectivity index (χ0) is 6.24. The first kappa shape index (κ1) is 7.83. The maximum absolute atomic E-state index is 3.67. The molecule has 1 aromatic rings. The van der Waals surface area contributed by atoms with E-state index in [1.165, 1.54) is 0 Å². The first-order valence-electron chi connectivity index (χ1n) is 2.84. The van der Waals surface area contributed by atoms with Crippen molar-refractivity contribution in [3.05, 3.63) is 18.7 Å². The van der Waals surface area contributed by atoms with Crippen LogP contribution in [0.25, 0.3) is 0 Å². The Balaban J connectivity index is 0.000000145. The van der Waals surface area contributed by atoms with Gasteiger partial charge in [0, 0.05) is 12.4 Å². The molecule has 0 saturated heterocycles. The van der Waals surface area contributed by atoms with Crippen molar-refractivity contribution >= 4 is 0 Å². The molecule has 0 unspecified atom stereocenters. The largest absolute Gasteiger partial charge is 0.351 e. The van der Waals surface area contributed by atoms with Crippen LogP contribution in [0.5, 0.6) is 0 Å². The fourth-order valence-corrected chi connectivity index (χ4v) is 0.215. The van der Waals surface area contributed by atoms with Gasteiger partial charge in [0.2, 0.25) is 0 Å². The van der Waals surface area contributed by atoms with Crippen molar-refractivity contribution in [2.75, 3.05) is 0 Å². The van der Waals surface area contributed by atoms with Gasteiger partial charge in [-0.2, -0.15) is 0 Å². The van der Waals surface area contributed by atoms with Gasteiger partial charge in [-0.05, 0) is 0 Å². The van der Waals surface area contributed by atoms with Crippen LogP contribution in [0.2, 0.25) is 11.0 Å². The number of aromatic nitrogens is 2. The Labute approximate surface area is 57.3 Å². The van der Waals surface area contributed by atoms with Crippen LogP contribution < -0.4 is 0 Å². The van der Waals surface area contributed by atoms with E-state index in [9.17, 15) is 0 Å². The standard InChI is InChI=1S/C3H4N2.2CH3.Zn/c1-2-5-3-4-1;;;/h1-3H,(H,4,5);2*1H3;. The van der Waals surface area contributed by atoms with Gasteiger partial charge in [-0.3, -0.25) is 0 Å². The van der Waals surface area contributed by atoms with E-state index in [1.54, 1.807) is 18.7 Å². The zero-order valence-corrected chi connectivity index (χ0v) is 8.35. The molecule has 1 aromatic heterocycles. The first-order chi connectivity index (χ1) is 3.91. The molecule has 0 amide bonds. The second-order valence-corrected chi connectivity index (χ2v) is 4.43. The molecule has 3 heteroatoms. The van der Waals surface area contributed by atoms with E-state index in [0.717, 1.165) is 0 Å². The van der Waals surface area contributed by atoms with Gasteiger partial charge in [0.1, 0.15) is 0 Å². The van der Waals surface area contributed by atoms with Crippen molar-refractivity contribution in [2.45, 2.75) is 11.0 Å². The number of hydrogen-bond donors (Lipinski definition) is 1. The zero-order valence-electron chi connectivity index (χ0n) is 5.39. The Morgan fingerprint density at radius 3 is 2.25 bits per heavy atom. The maximum atomic E-state index is 3.67. The molecule has 8 heavy (non-hydrogen) atoms. The molecule has 0 bridgehead atoms. The summed E-state index contributed by atoms with van der Waals surface area (Å²) in [6.45, 7) is 0. The summed E-state index contributed by atoms with van der Waals surface area (Å²) in [4.78, 5) is 6.42. The fraction of sp³-hybridized carbons (Fsp3) is 0.400. The molecule has 0 aliphatic carbocycles. The van der Waals surface area contributed by atoms with E-state index >= 15 is 0 Å². The Morgan fingerprint density at radius 1 is 1.50 bits per heavy atom. The van der Waals surface area contributed by atoms with Crippen LogP contribution in [-0.2, 0) is 17.1 Å². The smallest absolute Gasteiger partial charge is 0.0919 e. The van der Waals surface area contributed by atoms with E-state index in [0.29, 0.717) is 0 Å². The number of nitrogens with zero attached hydrogens (tertiary/aromatic N) is 1. The van der Waals surface area contributed by atoms with Gasteiger partial charge in [-0.15, -0.1) is 0 Å². The molecule has 42 valence electrons. The molecule has 1 heterocycles. The van der Waals surface area contributed by atoms with E-state index in [4.69, 9.17) is 0 Å². The number of aromatic amines is 1. The summed E-state index contributed by atoms with van der Waals surface area (Å²) in [7, 11) is 0. The Kier molecular flexibility index (Phi) is 6.69. The first-order valence-corrected chi connectivity index (χ1v) is 8.78. The molecule has 0 radical (unpaired) electrons. The van der Waals surface area contributed by atoms with Crippen molar-refractivity contribution in [3.8, 4) is 0 Å². The van der Waals surface area contributed by atoms with E-state index in [1.807, 2.05) is 0 Å². The molecule has 0 saturated carbocycles. The quantitative estimate of drug-likeness (QED) is 0.578. The molecule has 0 fully saturated rings. The molecule has 0 spiro atoms. The van der Waals surface area contributed by atoms with Crippen LogP contribution in [0.4, 0.5) is 0 Å². The summed E-state index contributed by atoms with van der Waals surface area (Å²) in [6, 6.07) is 0. The average Bonchev–Trinajstić information content (AvgIpc) is 2.17. The second-order valence-electron chi connectivity index (χ2n) is 1.47. The van der Waals surface area contributed by atoms with Crippen molar-refractivity contribution in [2.24, 2.45) is 0 Å². The summed E-state index contributed by atoms with van der Waals surface area (Å²) in [6.07, 6.45) is 5.08. The number of rotatable bonds is 0. The van der Waals surface area contributed by atoms with Crippen LogP contribution in [0.15, 0.2) is 18.7 Å². The molecule has 0 aliphatic heterocycles. The van der Waals surface area contributed by atoms with Crippen molar-refractivity contribution in [1.29, 1.82) is 0 Å². The molecule has 1 N–H and O–H groups in total. The van der Waals surface area contributed by atoms with Crippen LogP contribution in [-0.4, -0.2) is 9.97 Å². The Morgan fingerprint density at radius 2 is 2.12 bits per heavy atom. The maximum Gasteiger partial charge on any atom is 0.0919 e. The number of hydrogen-bond acceptors (Lipinski definition) is 1. The monoisotopic (exact) mass is 162 g/mol. The SMILES string of the molecule is [CH3][Zn][CH3].c1c[nH]cn1. The predicted molar refractivity (Wildman–Crippen MR) is 30.3 cm³/mol. The van der Waals surface area contributed by atoms with Gasteiger partial charge < -0.3 is 4.98 Å². The van der Waals surface area contributed by atoms with Crippen LogP contribution >= 0.6 is 0 Å². The minimum atomic E-state index is 0.125. The van der Waals surface area contributed by atoms with Gasteiger partial charge in [0.05, 0.1) is 6.33 Å². The van der Waals surface area contributed by atoms with E-state index in [2.05, 4.69) is 21.0 Å². The molecule has 0 aliphatic rings. The molecular formula is C5H10N2Zn. The van der Waals surface area contributed by atoms with Crippen molar-refractivity contribution < 1.29 is 17.1 Å². The normalized spacial score (nSPS) is 6.25.